The Morgan fingerprint density at radius 1 is 1.37 bits per heavy atom. The van der Waals surface area contributed by atoms with Gasteiger partial charge in [0.25, 0.3) is 0 Å². The number of para-hydroxylation sites is 1. The average molecular weight is 292 g/mol. The van der Waals surface area contributed by atoms with E-state index in [1.165, 1.54) is 41.0 Å². The number of fused-ring (bicyclic) bond motifs is 1. The van der Waals surface area contributed by atoms with Crippen LogP contribution in [0.15, 0.2) is 30.3 Å². The molecule has 0 saturated heterocycles. The quantitative estimate of drug-likeness (QED) is 0.792. The first-order valence-electron chi connectivity index (χ1n) is 6.90. The number of halogens is 1. The number of thiophene rings is 1. The minimum atomic E-state index is 0.417. The largest absolute Gasteiger partial charge is 0.378 e. The van der Waals surface area contributed by atoms with E-state index in [0.29, 0.717) is 6.04 Å². The van der Waals surface area contributed by atoms with Crippen LogP contribution in [-0.4, -0.2) is 0 Å². The van der Waals surface area contributed by atoms with Gasteiger partial charge in [-0.2, -0.15) is 0 Å². The van der Waals surface area contributed by atoms with E-state index < -0.39 is 0 Å². The third kappa shape index (κ3) is 2.65. The standard InChI is InChI=1S/C16H18ClNS/c1-2-11-6-3-4-7-13(11)18-14-8-5-9-15-12(14)10-16(17)19-15/h3-4,6-7,10,14,18H,2,5,8-9H2,1H3. The molecule has 0 aliphatic heterocycles. The second kappa shape index (κ2) is 5.56. The highest BCUT2D eigenvalue weighted by Crippen LogP contribution is 2.39. The van der Waals surface area contributed by atoms with E-state index in [-0.39, 0.29) is 0 Å². The lowest BCUT2D eigenvalue weighted by Crippen LogP contribution is -2.16. The van der Waals surface area contributed by atoms with Gasteiger partial charge in [0, 0.05) is 10.6 Å². The average Bonchev–Trinajstić information content (AvgIpc) is 2.81. The second-order valence-electron chi connectivity index (χ2n) is 5.03. The van der Waals surface area contributed by atoms with Crippen molar-refractivity contribution in [3.63, 3.8) is 0 Å². The van der Waals surface area contributed by atoms with Crippen molar-refractivity contribution in [2.45, 2.75) is 38.6 Å². The highest BCUT2D eigenvalue weighted by atomic mass is 35.5. The zero-order valence-electron chi connectivity index (χ0n) is 11.1. The summed E-state index contributed by atoms with van der Waals surface area (Å²) in [5, 5.41) is 3.72. The number of hydrogen-bond acceptors (Lipinski definition) is 2. The van der Waals surface area contributed by atoms with Gasteiger partial charge < -0.3 is 5.32 Å². The van der Waals surface area contributed by atoms with E-state index >= 15 is 0 Å². The van der Waals surface area contributed by atoms with Crippen LogP contribution in [-0.2, 0) is 12.8 Å². The third-order valence-corrected chi connectivity index (χ3v) is 5.15. The summed E-state index contributed by atoms with van der Waals surface area (Å²) in [4.78, 5) is 1.46. The SMILES string of the molecule is CCc1ccccc1NC1CCCc2sc(Cl)cc21. The summed E-state index contributed by atoms with van der Waals surface area (Å²) in [6, 6.07) is 11.2. The Labute approximate surface area is 123 Å². The maximum Gasteiger partial charge on any atom is 0.0934 e. The van der Waals surface area contributed by atoms with Crippen molar-refractivity contribution in [2.24, 2.45) is 0 Å². The molecule has 0 saturated carbocycles. The summed E-state index contributed by atoms with van der Waals surface area (Å²) < 4.78 is 0.919. The Hall–Kier alpha value is -0.990. The second-order valence-corrected chi connectivity index (χ2v) is 6.80. The molecule has 1 atom stereocenters. The monoisotopic (exact) mass is 291 g/mol. The van der Waals surface area contributed by atoms with Crippen LogP contribution >= 0.6 is 22.9 Å². The molecule has 0 bridgehead atoms. The fourth-order valence-electron chi connectivity index (χ4n) is 2.83. The molecule has 0 amide bonds. The molecule has 3 rings (SSSR count). The first kappa shape index (κ1) is 13.0. The topological polar surface area (TPSA) is 12.0 Å². The minimum Gasteiger partial charge on any atom is -0.378 e. The van der Waals surface area contributed by atoms with E-state index in [1.807, 2.05) is 0 Å². The van der Waals surface area contributed by atoms with Gasteiger partial charge in [-0.15, -0.1) is 11.3 Å². The zero-order valence-corrected chi connectivity index (χ0v) is 12.7. The van der Waals surface area contributed by atoms with E-state index in [0.717, 1.165) is 10.8 Å². The molecule has 1 aliphatic rings. The number of aryl methyl sites for hydroxylation is 2. The summed E-state index contributed by atoms with van der Waals surface area (Å²) >= 11 is 7.91. The van der Waals surface area contributed by atoms with Crippen LogP contribution in [0.25, 0.3) is 0 Å². The van der Waals surface area contributed by atoms with Crippen molar-refractivity contribution < 1.29 is 0 Å². The first-order valence-corrected chi connectivity index (χ1v) is 8.10. The number of rotatable bonds is 3. The summed E-state index contributed by atoms with van der Waals surface area (Å²) in [5.74, 6) is 0. The van der Waals surface area contributed by atoms with Crippen LogP contribution in [0.4, 0.5) is 5.69 Å². The molecule has 1 nitrogen and oxygen atoms in total. The molecule has 1 heterocycles. The Balaban J connectivity index is 1.88. The van der Waals surface area contributed by atoms with Crippen molar-refractivity contribution >= 4 is 28.6 Å². The van der Waals surface area contributed by atoms with E-state index in [2.05, 4.69) is 42.6 Å². The summed E-state index contributed by atoms with van der Waals surface area (Å²) in [6.07, 6.45) is 4.68. The number of benzene rings is 1. The van der Waals surface area contributed by atoms with E-state index in [4.69, 9.17) is 11.6 Å². The lowest BCUT2D eigenvalue weighted by molar-refractivity contribution is 0.608. The van der Waals surface area contributed by atoms with Gasteiger partial charge >= 0.3 is 0 Å². The van der Waals surface area contributed by atoms with Crippen molar-refractivity contribution in [3.8, 4) is 0 Å². The van der Waals surface area contributed by atoms with Crippen LogP contribution in [0, 0.1) is 0 Å². The Kier molecular flexibility index (Phi) is 3.81. The number of hydrogen-bond donors (Lipinski definition) is 1. The van der Waals surface area contributed by atoms with Crippen LogP contribution in [0.5, 0.6) is 0 Å². The molecule has 2 aromatic rings. The Bertz CT molecular complexity index is 576. The maximum atomic E-state index is 6.17. The third-order valence-electron chi connectivity index (χ3n) is 3.81. The zero-order chi connectivity index (χ0) is 13.2. The molecule has 1 aliphatic carbocycles. The van der Waals surface area contributed by atoms with Gasteiger partial charge in [-0.3, -0.25) is 0 Å². The predicted molar refractivity (Wildman–Crippen MR) is 84.5 cm³/mol. The molecule has 19 heavy (non-hydrogen) atoms. The highest BCUT2D eigenvalue weighted by Gasteiger charge is 2.23. The van der Waals surface area contributed by atoms with Crippen molar-refractivity contribution in [2.75, 3.05) is 5.32 Å². The molecule has 1 N–H and O–H groups in total. The van der Waals surface area contributed by atoms with Gasteiger partial charge in [-0.1, -0.05) is 36.7 Å². The van der Waals surface area contributed by atoms with Gasteiger partial charge in [0.05, 0.1) is 10.4 Å². The molecular weight excluding hydrogens is 274 g/mol. The maximum absolute atomic E-state index is 6.17. The van der Waals surface area contributed by atoms with E-state index in [1.54, 1.807) is 11.3 Å². The molecule has 0 fully saturated rings. The molecule has 1 unspecified atom stereocenters. The van der Waals surface area contributed by atoms with Crippen molar-refractivity contribution in [1.82, 2.24) is 0 Å². The van der Waals surface area contributed by atoms with Crippen molar-refractivity contribution in [1.29, 1.82) is 0 Å². The van der Waals surface area contributed by atoms with Gasteiger partial charge in [0.15, 0.2) is 0 Å². The number of nitrogens with one attached hydrogen (secondary N) is 1. The molecule has 3 heteroatoms. The Morgan fingerprint density at radius 3 is 3.05 bits per heavy atom. The van der Waals surface area contributed by atoms with Crippen LogP contribution in [0.2, 0.25) is 4.34 Å². The molecule has 100 valence electrons. The fraction of sp³-hybridized carbons (Fsp3) is 0.375. The van der Waals surface area contributed by atoms with Gasteiger partial charge in [0.1, 0.15) is 0 Å². The van der Waals surface area contributed by atoms with Crippen LogP contribution < -0.4 is 5.32 Å². The first-order chi connectivity index (χ1) is 9.28. The fourth-order valence-corrected chi connectivity index (χ4v) is 4.21. The summed E-state index contributed by atoms with van der Waals surface area (Å²) in [7, 11) is 0. The van der Waals surface area contributed by atoms with Crippen molar-refractivity contribution in [3.05, 3.63) is 50.7 Å². The molecule has 1 aromatic carbocycles. The smallest absolute Gasteiger partial charge is 0.0934 e. The van der Waals surface area contributed by atoms with Gasteiger partial charge in [-0.05, 0) is 48.9 Å². The van der Waals surface area contributed by atoms with Gasteiger partial charge in [0.2, 0.25) is 0 Å². The normalized spacial score (nSPS) is 18.1. The molecule has 0 radical (unpaired) electrons. The van der Waals surface area contributed by atoms with E-state index in [9.17, 15) is 0 Å². The van der Waals surface area contributed by atoms with Crippen LogP contribution in [0.1, 0.15) is 41.8 Å². The van der Waals surface area contributed by atoms with Gasteiger partial charge in [-0.25, -0.2) is 0 Å². The Morgan fingerprint density at radius 2 is 2.21 bits per heavy atom. The molecule has 0 spiro atoms. The number of anilines is 1. The lowest BCUT2D eigenvalue weighted by Gasteiger charge is -2.25. The summed E-state index contributed by atoms with van der Waals surface area (Å²) in [5.41, 5.74) is 4.06. The lowest BCUT2D eigenvalue weighted by atomic mass is 9.93. The predicted octanol–water partition coefficient (Wildman–Crippen LogP) is 5.45. The molecule has 1 aromatic heterocycles. The van der Waals surface area contributed by atoms with Crippen LogP contribution in [0.3, 0.4) is 0 Å². The highest BCUT2D eigenvalue weighted by molar-refractivity contribution is 7.16. The minimum absolute atomic E-state index is 0.417. The summed E-state index contributed by atoms with van der Waals surface area (Å²) in [6.45, 7) is 2.20. The molecular formula is C16H18ClNS.